The molecule has 0 spiro atoms. The molecule has 30 heavy (non-hydrogen) atoms. The predicted octanol–water partition coefficient (Wildman–Crippen LogP) is 0.256. The van der Waals surface area contributed by atoms with E-state index in [0.717, 1.165) is 22.3 Å². The van der Waals surface area contributed by atoms with E-state index in [9.17, 15) is 25.5 Å². The molecule has 162 valence electrons. The van der Waals surface area contributed by atoms with E-state index in [1.807, 2.05) is 43.3 Å². The van der Waals surface area contributed by atoms with Crippen LogP contribution in [0.1, 0.15) is 17.4 Å². The number of hydrogen-bond acceptors (Lipinski definition) is 8. The van der Waals surface area contributed by atoms with Gasteiger partial charge in [-0.1, -0.05) is 24.3 Å². The van der Waals surface area contributed by atoms with Crippen LogP contribution in [0.4, 0.5) is 0 Å². The van der Waals surface area contributed by atoms with Crippen molar-refractivity contribution < 1.29 is 35.0 Å². The molecule has 7 atom stereocenters. The van der Waals surface area contributed by atoms with Crippen molar-refractivity contribution in [3.63, 3.8) is 0 Å². The molecule has 7 unspecified atom stereocenters. The highest BCUT2D eigenvalue weighted by atomic mass is 16.8. The van der Waals surface area contributed by atoms with Crippen molar-refractivity contribution in [2.75, 3.05) is 13.7 Å². The molecule has 0 radical (unpaired) electrons. The standard InChI is InChI=1S/C22H27NO7/c1-11-8-13(12-4-3-5-14(9-12)20(27)23-2)6-7-16(11)29-21-17-19(26)18(25)15(10-24)22(17,28)30-21/h3-9,15,17-21,23-28H,10H2,1-2H3. The van der Waals surface area contributed by atoms with E-state index in [-0.39, 0.29) is 0 Å². The van der Waals surface area contributed by atoms with Crippen LogP contribution in [0, 0.1) is 18.8 Å². The number of fused-ring (bicyclic) bond motifs is 1. The number of aryl methyl sites for hydroxylation is 1. The van der Waals surface area contributed by atoms with Crippen molar-refractivity contribution in [1.29, 1.82) is 0 Å². The van der Waals surface area contributed by atoms with Gasteiger partial charge < -0.3 is 35.0 Å². The quantitative estimate of drug-likeness (QED) is 0.369. The van der Waals surface area contributed by atoms with Crippen molar-refractivity contribution in [3.8, 4) is 16.9 Å². The summed E-state index contributed by atoms with van der Waals surface area (Å²) in [6, 6.07) is 13.1. The van der Waals surface area contributed by atoms with Gasteiger partial charge in [0.15, 0.2) is 5.79 Å². The van der Waals surface area contributed by atoms with Crippen LogP contribution in [0.2, 0.25) is 0 Å². The monoisotopic (exact) mass is 417 g/mol. The fourth-order valence-corrected chi connectivity index (χ4v) is 4.37. The van der Waals surface area contributed by atoms with E-state index in [0.29, 0.717) is 5.75 Å². The molecule has 8 nitrogen and oxygen atoms in total. The summed E-state index contributed by atoms with van der Waals surface area (Å²) in [4.78, 5) is 0. The molecule has 0 amide bonds. The van der Waals surface area contributed by atoms with Crippen LogP contribution in [-0.2, 0) is 4.74 Å². The van der Waals surface area contributed by atoms with E-state index in [1.165, 1.54) is 0 Å². The van der Waals surface area contributed by atoms with Gasteiger partial charge in [0.25, 0.3) is 0 Å². The average molecular weight is 417 g/mol. The average Bonchev–Trinajstić information content (AvgIpc) is 2.88. The van der Waals surface area contributed by atoms with E-state index in [4.69, 9.17) is 9.47 Å². The first-order valence-electron chi connectivity index (χ1n) is 9.90. The number of hydrogen-bond donors (Lipinski definition) is 6. The molecular formula is C22H27NO7. The summed E-state index contributed by atoms with van der Waals surface area (Å²) in [5.74, 6) is -3.13. The minimum atomic E-state index is -1.80. The molecule has 4 rings (SSSR count). The normalized spacial score (nSPS) is 33.6. The van der Waals surface area contributed by atoms with Gasteiger partial charge in [-0.3, -0.25) is 5.32 Å². The molecule has 1 heterocycles. The Morgan fingerprint density at radius 3 is 2.53 bits per heavy atom. The topological polar surface area (TPSA) is 132 Å². The highest BCUT2D eigenvalue weighted by Crippen LogP contribution is 2.53. The second-order valence-electron chi connectivity index (χ2n) is 7.95. The lowest BCUT2D eigenvalue weighted by Crippen LogP contribution is -2.64. The summed E-state index contributed by atoms with van der Waals surface area (Å²) in [6.07, 6.45) is -4.23. The summed E-state index contributed by atoms with van der Waals surface area (Å²) in [5.41, 5.74) is 3.44. The first-order valence-corrected chi connectivity index (χ1v) is 9.90. The highest BCUT2D eigenvalue weighted by Gasteiger charge is 2.71. The minimum Gasteiger partial charge on any atom is -0.464 e. The van der Waals surface area contributed by atoms with E-state index >= 15 is 0 Å². The molecule has 0 aromatic heterocycles. The van der Waals surface area contributed by atoms with Crippen LogP contribution in [-0.4, -0.2) is 63.5 Å². The largest absolute Gasteiger partial charge is 0.464 e. The first kappa shape index (κ1) is 21.2. The van der Waals surface area contributed by atoms with Gasteiger partial charge in [-0.05, 0) is 54.4 Å². The van der Waals surface area contributed by atoms with Gasteiger partial charge in [0.2, 0.25) is 6.29 Å². The van der Waals surface area contributed by atoms with Crippen molar-refractivity contribution >= 4 is 0 Å². The zero-order chi connectivity index (χ0) is 21.6. The lowest BCUT2D eigenvalue weighted by atomic mass is 9.89. The van der Waals surface area contributed by atoms with Gasteiger partial charge >= 0.3 is 0 Å². The second-order valence-corrected chi connectivity index (χ2v) is 7.95. The van der Waals surface area contributed by atoms with Crippen LogP contribution in [0.15, 0.2) is 42.5 Å². The highest BCUT2D eigenvalue weighted by molar-refractivity contribution is 5.66. The number of aliphatic hydroxyl groups excluding tert-OH is 4. The Hall–Kier alpha value is -2.04. The number of benzene rings is 2. The van der Waals surface area contributed by atoms with Gasteiger partial charge in [-0.15, -0.1) is 0 Å². The number of nitrogens with one attached hydrogen (secondary N) is 1. The Bertz CT molecular complexity index is 922. The minimum absolute atomic E-state index is 0.507. The van der Waals surface area contributed by atoms with Gasteiger partial charge in [0.1, 0.15) is 17.9 Å². The molecular weight excluding hydrogens is 390 g/mol. The van der Waals surface area contributed by atoms with E-state index in [1.54, 1.807) is 13.1 Å². The molecule has 6 N–H and O–H groups in total. The van der Waals surface area contributed by atoms with Gasteiger partial charge in [0, 0.05) is 0 Å². The Morgan fingerprint density at radius 2 is 1.87 bits per heavy atom. The summed E-state index contributed by atoms with van der Waals surface area (Å²) < 4.78 is 11.3. The lowest BCUT2D eigenvalue weighted by Gasteiger charge is -2.49. The van der Waals surface area contributed by atoms with Crippen molar-refractivity contribution in [2.24, 2.45) is 11.8 Å². The molecule has 1 aliphatic heterocycles. The van der Waals surface area contributed by atoms with Crippen molar-refractivity contribution in [2.45, 2.75) is 37.4 Å². The first-order chi connectivity index (χ1) is 14.3. The summed E-state index contributed by atoms with van der Waals surface area (Å²) >= 11 is 0. The Labute approximate surface area is 174 Å². The third-order valence-corrected chi connectivity index (χ3v) is 6.16. The van der Waals surface area contributed by atoms with Crippen LogP contribution in [0.5, 0.6) is 5.75 Å². The Balaban J connectivity index is 1.52. The number of rotatable bonds is 6. The molecule has 2 aromatic carbocycles. The maximum atomic E-state index is 10.5. The van der Waals surface area contributed by atoms with E-state index < -0.39 is 49.0 Å². The van der Waals surface area contributed by atoms with Crippen molar-refractivity contribution in [3.05, 3.63) is 53.6 Å². The zero-order valence-electron chi connectivity index (χ0n) is 16.8. The molecule has 1 saturated carbocycles. The second kappa shape index (κ2) is 7.90. The smallest absolute Gasteiger partial charge is 0.213 e. The van der Waals surface area contributed by atoms with Crippen LogP contribution < -0.4 is 10.1 Å². The molecule has 2 aliphatic rings. The summed E-state index contributed by atoms with van der Waals surface area (Å²) in [5, 5.41) is 53.0. The van der Waals surface area contributed by atoms with Gasteiger partial charge in [0.05, 0.1) is 24.7 Å². The Morgan fingerprint density at radius 1 is 1.13 bits per heavy atom. The molecule has 8 heteroatoms. The van der Waals surface area contributed by atoms with Gasteiger partial charge in [-0.2, -0.15) is 0 Å². The number of ether oxygens (including phenoxy) is 2. The summed E-state index contributed by atoms with van der Waals surface area (Å²) in [6.45, 7) is 1.36. The molecule has 2 aromatic rings. The molecule has 0 bridgehead atoms. The Kier molecular flexibility index (Phi) is 5.58. The van der Waals surface area contributed by atoms with Crippen molar-refractivity contribution in [1.82, 2.24) is 5.32 Å². The number of aliphatic hydroxyl groups is 5. The van der Waals surface area contributed by atoms with E-state index in [2.05, 4.69) is 5.32 Å². The lowest BCUT2D eigenvalue weighted by molar-refractivity contribution is -0.422. The maximum absolute atomic E-state index is 10.5. The molecule has 2 fully saturated rings. The summed E-state index contributed by atoms with van der Waals surface area (Å²) in [7, 11) is 1.68. The fourth-order valence-electron chi connectivity index (χ4n) is 4.37. The SMILES string of the molecule is CNC(O)c1cccc(-c2ccc(OC3OC4(O)C(CO)C(O)C(O)C34)c(C)c2)c1. The predicted molar refractivity (Wildman–Crippen MR) is 107 cm³/mol. The van der Waals surface area contributed by atoms with Crippen LogP contribution in [0.25, 0.3) is 11.1 Å². The maximum Gasteiger partial charge on any atom is 0.213 e. The van der Waals surface area contributed by atoms with Crippen LogP contribution >= 0.6 is 0 Å². The zero-order valence-corrected chi connectivity index (χ0v) is 16.8. The third kappa shape index (κ3) is 3.30. The molecule has 1 aliphatic carbocycles. The van der Waals surface area contributed by atoms with Gasteiger partial charge in [-0.25, -0.2) is 0 Å². The van der Waals surface area contributed by atoms with Crippen LogP contribution in [0.3, 0.4) is 0 Å². The fraction of sp³-hybridized carbons (Fsp3) is 0.455. The third-order valence-electron chi connectivity index (χ3n) is 6.16. The molecule has 1 saturated heterocycles.